The summed E-state index contributed by atoms with van der Waals surface area (Å²) in [5, 5.41) is 10.4. The Morgan fingerprint density at radius 1 is 1.07 bits per heavy atom. The predicted octanol–water partition coefficient (Wildman–Crippen LogP) is 3.14. The number of para-hydroxylation sites is 1. The van der Waals surface area contributed by atoms with Gasteiger partial charge in [-0.2, -0.15) is 0 Å². The first-order chi connectivity index (χ1) is 14.0. The minimum atomic E-state index is -0.893. The lowest BCUT2D eigenvalue weighted by atomic mass is 9.92. The molecule has 2 aliphatic rings. The van der Waals surface area contributed by atoms with Crippen LogP contribution in [0.15, 0.2) is 24.3 Å². The number of carbonyl (C=O) groups is 2. The Bertz CT molecular complexity index is 919. The van der Waals surface area contributed by atoms with Crippen molar-refractivity contribution in [1.82, 2.24) is 14.4 Å². The summed E-state index contributed by atoms with van der Waals surface area (Å²) in [5.74, 6) is -0.0701. The monoisotopic (exact) mass is 397 g/mol. The van der Waals surface area contributed by atoms with Gasteiger partial charge >= 0.3 is 5.97 Å². The van der Waals surface area contributed by atoms with E-state index in [0.717, 1.165) is 69.1 Å². The van der Waals surface area contributed by atoms with E-state index < -0.39 is 5.97 Å². The van der Waals surface area contributed by atoms with Crippen molar-refractivity contribution in [2.75, 3.05) is 26.7 Å². The lowest BCUT2D eigenvalue weighted by molar-refractivity contribution is -0.135. The summed E-state index contributed by atoms with van der Waals surface area (Å²) in [5.41, 5.74) is 2.55. The second kappa shape index (κ2) is 8.19. The number of hydrogen-bond donors (Lipinski definition) is 1. The summed E-state index contributed by atoms with van der Waals surface area (Å²) < 4.78 is 1.80. The average molecular weight is 398 g/mol. The van der Waals surface area contributed by atoms with E-state index >= 15 is 0 Å². The van der Waals surface area contributed by atoms with Gasteiger partial charge in [0.15, 0.2) is 0 Å². The molecular formula is C23H31N3O3. The molecule has 0 saturated carbocycles. The van der Waals surface area contributed by atoms with Crippen molar-refractivity contribution < 1.29 is 14.7 Å². The van der Waals surface area contributed by atoms with E-state index in [-0.39, 0.29) is 6.04 Å². The van der Waals surface area contributed by atoms with Gasteiger partial charge in [-0.15, -0.1) is 0 Å². The lowest BCUT2D eigenvalue weighted by Crippen LogP contribution is -2.44. The van der Waals surface area contributed by atoms with Crippen LogP contribution in [0.4, 0.5) is 0 Å². The molecule has 2 fully saturated rings. The van der Waals surface area contributed by atoms with Crippen molar-refractivity contribution in [2.24, 2.45) is 13.0 Å². The summed E-state index contributed by atoms with van der Waals surface area (Å²) >= 11 is 0. The Morgan fingerprint density at radius 2 is 1.86 bits per heavy atom. The standard InChI is InChI=1S/C23H31N3O3/c1-24-11-5-9-19(24)22(27)26-12-4-6-16(10-13-26)14-17-7-3-8-18-15-20(23(28)29)25(2)21(17)18/h3,7-8,15-16,19H,4-6,9-14H2,1-2H3,(H,28,29)/t16?,19-/m1/s1. The van der Waals surface area contributed by atoms with Gasteiger partial charge in [0.1, 0.15) is 5.69 Å². The number of aromatic nitrogens is 1. The Balaban J connectivity index is 1.47. The number of benzene rings is 1. The van der Waals surface area contributed by atoms with E-state index in [9.17, 15) is 14.7 Å². The molecule has 1 amide bonds. The van der Waals surface area contributed by atoms with Crippen LogP contribution in [0.5, 0.6) is 0 Å². The van der Waals surface area contributed by atoms with Crippen LogP contribution in [0.2, 0.25) is 0 Å². The summed E-state index contributed by atoms with van der Waals surface area (Å²) in [7, 11) is 3.89. The zero-order valence-corrected chi connectivity index (χ0v) is 17.4. The third-order valence-corrected chi connectivity index (χ3v) is 6.83. The van der Waals surface area contributed by atoms with Crippen molar-refractivity contribution in [3.05, 3.63) is 35.5 Å². The Hall–Kier alpha value is -2.34. The highest BCUT2D eigenvalue weighted by Crippen LogP contribution is 2.29. The second-order valence-electron chi connectivity index (χ2n) is 8.71. The molecule has 4 rings (SSSR count). The zero-order chi connectivity index (χ0) is 20.5. The fourth-order valence-corrected chi connectivity index (χ4v) is 5.21. The number of aromatic carboxylic acids is 1. The molecule has 29 heavy (non-hydrogen) atoms. The van der Waals surface area contributed by atoms with E-state index in [2.05, 4.69) is 22.9 Å². The molecule has 3 heterocycles. The molecular weight excluding hydrogens is 366 g/mol. The van der Waals surface area contributed by atoms with Crippen LogP contribution < -0.4 is 0 Å². The van der Waals surface area contributed by atoms with Crippen LogP contribution in [0, 0.1) is 5.92 Å². The molecule has 6 nitrogen and oxygen atoms in total. The Morgan fingerprint density at radius 3 is 2.59 bits per heavy atom. The number of nitrogens with zero attached hydrogens (tertiary/aromatic N) is 3. The van der Waals surface area contributed by atoms with Crippen molar-refractivity contribution in [2.45, 2.75) is 44.6 Å². The van der Waals surface area contributed by atoms with Crippen LogP contribution in [-0.2, 0) is 18.3 Å². The van der Waals surface area contributed by atoms with Crippen molar-refractivity contribution in [3.8, 4) is 0 Å². The van der Waals surface area contributed by atoms with Crippen molar-refractivity contribution >= 4 is 22.8 Å². The van der Waals surface area contributed by atoms with Crippen LogP contribution >= 0.6 is 0 Å². The largest absolute Gasteiger partial charge is 0.477 e. The van der Waals surface area contributed by atoms with Gasteiger partial charge in [0.2, 0.25) is 5.91 Å². The fourth-order valence-electron chi connectivity index (χ4n) is 5.21. The van der Waals surface area contributed by atoms with Crippen molar-refractivity contribution in [3.63, 3.8) is 0 Å². The van der Waals surface area contributed by atoms with Gasteiger partial charge in [0.05, 0.1) is 11.6 Å². The molecule has 2 aliphatic heterocycles. The quantitative estimate of drug-likeness (QED) is 0.861. The number of likely N-dealkylation sites (N-methyl/N-ethyl adjacent to an activating group) is 1. The van der Waals surface area contributed by atoms with E-state index in [1.54, 1.807) is 10.6 Å². The topological polar surface area (TPSA) is 65.8 Å². The van der Waals surface area contributed by atoms with Crippen LogP contribution in [0.25, 0.3) is 10.9 Å². The van der Waals surface area contributed by atoms with Gasteiger partial charge in [-0.1, -0.05) is 18.2 Å². The summed E-state index contributed by atoms with van der Waals surface area (Å²) in [4.78, 5) is 28.7. The molecule has 2 aromatic rings. The fraction of sp³-hybridized carbons (Fsp3) is 0.565. The summed E-state index contributed by atoms with van der Waals surface area (Å²) in [6.45, 7) is 2.71. The molecule has 0 spiro atoms. The number of aryl methyl sites for hydroxylation is 1. The first-order valence-corrected chi connectivity index (χ1v) is 10.8. The minimum Gasteiger partial charge on any atom is -0.477 e. The van der Waals surface area contributed by atoms with E-state index in [0.29, 0.717) is 17.5 Å². The van der Waals surface area contributed by atoms with Crippen molar-refractivity contribution in [1.29, 1.82) is 0 Å². The SMILES string of the molecule is CN1CCC[C@@H]1C(=O)N1CCCC(Cc2cccc3cc(C(=O)O)n(C)c23)CC1. The van der Waals surface area contributed by atoms with Gasteiger partial charge in [-0.3, -0.25) is 9.69 Å². The van der Waals surface area contributed by atoms with Gasteiger partial charge in [-0.05, 0) is 69.7 Å². The van der Waals surface area contributed by atoms with Crippen LogP contribution in [0.3, 0.4) is 0 Å². The number of likely N-dealkylation sites (tertiary alicyclic amines) is 2. The Labute approximate surface area is 172 Å². The number of fused-ring (bicyclic) bond motifs is 1. The third-order valence-electron chi connectivity index (χ3n) is 6.83. The number of carboxylic acids is 1. The van der Waals surface area contributed by atoms with E-state index in [4.69, 9.17) is 0 Å². The normalized spacial score (nSPS) is 23.4. The summed E-state index contributed by atoms with van der Waals surface area (Å²) in [6.07, 6.45) is 6.18. The zero-order valence-electron chi connectivity index (χ0n) is 17.4. The first kappa shape index (κ1) is 20.0. The maximum absolute atomic E-state index is 12.9. The molecule has 0 radical (unpaired) electrons. The highest BCUT2D eigenvalue weighted by atomic mass is 16.4. The average Bonchev–Trinajstić information content (AvgIpc) is 3.18. The lowest BCUT2D eigenvalue weighted by Gasteiger charge is -2.27. The molecule has 6 heteroatoms. The molecule has 2 saturated heterocycles. The van der Waals surface area contributed by atoms with Crippen LogP contribution in [-0.4, -0.2) is 64.1 Å². The second-order valence-corrected chi connectivity index (χ2v) is 8.71. The molecule has 1 aromatic heterocycles. The maximum Gasteiger partial charge on any atom is 0.352 e. The maximum atomic E-state index is 12.9. The Kier molecular flexibility index (Phi) is 5.63. The van der Waals surface area contributed by atoms with Crippen LogP contribution in [0.1, 0.15) is 48.2 Å². The van der Waals surface area contributed by atoms with Gasteiger partial charge in [0, 0.05) is 25.5 Å². The number of carboxylic acid groups (broad SMARTS) is 1. The number of rotatable bonds is 4. The molecule has 1 N–H and O–H groups in total. The molecule has 156 valence electrons. The van der Waals surface area contributed by atoms with Gasteiger partial charge in [-0.25, -0.2) is 4.79 Å². The number of carbonyl (C=O) groups excluding carboxylic acids is 1. The highest BCUT2D eigenvalue weighted by molar-refractivity contribution is 5.95. The smallest absolute Gasteiger partial charge is 0.352 e. The van der Waals surface area contributed by atoms with Gasteiger partial charge < -0.3 is 14.6 Å². The summed E-state index contributed by atoms with van der Waals surface area (Å²) in [6, 6.07) is 7.95. The molecule has 0 aliphatic carbocycles. The molecule has 1 aromatic carbocycles. The predicted molar refractivity (Wildman–Crippen MR) is 113 cm³/mol. The highest BCUT2D eigenvalue weighted by Gasteiger charge is 2.32. The third kappa shape index (κ3) is 3.90. The number of hydrogen-bond acceptors (Lipinski definition) is 3. The van der Waals surface area contributed by atoms with Gasteiger partial charge in [0.25, 0.3) is 0 Å². The number of amides is 1. The minimum absolute atomic E-state index is 0.0677. The first-order valence-electron chi connectivity index (χ1n) is 10.8. The molecule has 0 bridgehead atoms. The molecule has 2 atom stereocenters. The van der Waals surface area contributed by atoms with E-state index in [1.807, 2.05) is 19.2 Å². The molecule has 1 unspecified atom stereocenters. The van der Waals surface area contributed by atoms with E-state index in [1.165, 1.54) is 5.56 Å².